The third-order valence-corrected chi connectivity index (χ3v) is 7.37. The zero-order valence-corrected chi connectivity index (χ0v) is 19.0. The van der Waals surface area contributed by atoms with E-state index in [4.69, 9.17) is 0 Å². The van der Waals surface area contributed by atoms with Crippen molar-refractivity contribution in [1.82, 2.24) is 24.7 Å². The fourth-order valence-electron chi connectivity index (χ4n) is 5.44. The molecule has 1 aromatic carbocycles. The van der Waals surface area contributed by atoms with Gasteiger partial charge in [-0.2, -0.15) is 0 Å². The van der Waals surface area contributed by atoms with Gasteiger partial charge < -0.3 is 10.2 Å². The van der Waals surface area contributed by atoms with Crippen LogP contribution in [-0.4, -0.2) is 71.7 Å². The van der Waals surface area contributed by atoms with Gasteiger partial charge in [0.25, 0.3) is 0 Å². The third kappa shape index (κ3) is 4.17. The van der Waals surface area contributed by atoms with Crippen LogP contribution in [0.1, 0.15) is 31.7 Å². The monoisotopic (exact) mass is 458 g/mol. The zero-order valence-electron chi connectivity index (χ0n) is 19.0. The Morgan fingerprint density at radius 3 is 2.42 bits per heavy atom. The number of piperazine rings is 1. The fourth-order valence-corrected chi connectivity index (χ4v) is 5.44. The number of piperidine rings is 2. The van der Waals surface area contributed by atoms with E-state index in [-0.39, 0.29) is 24.4 Å². The van der Waals surface area contributed by atoms with Crippen LogP contribution in [0.25, 0.3) is 11.0 Å². The van der Waals surface area contributed by atoms with Crippen LogP contribution in [0, 0.1) is 11.7 Å². The molecule has 2 N–H and O–H groups in total. The molecule has 0 bridgehead atoms. The van der Waals surface area contributed by atoms with Crippen molar-refractivity contribution in [2.75, 3.05) is 50.7 Å². The Morgan fingerprint density at radius 2 is 1.73 bits per heavy atom. The molecule has 178 valence electrons. The van der Waals surface area contributed by atoms with Crippen molar-refractivity contribution in [1.29, 1.82) is 0 Å². The molecule has 4 heterocycles. The average molecular weight is 459 g/mol. The molecule has 5 rings (SSSR count). The molecule has 0 saturated carbocycles. The number of aromatic nitrogens is 2. The normalized spacial score (nSPS) is 23.3. The van der Waals surface area contributed by atoms with E-state index in [0.717, 1.165) is 51.7 Å². The molecular formula is C23H31FN6O3. The van der Waals surface area contributed by atoms with Crippen LogP contribution in [-0.2, 0) is 16.6 Å². The number of rotatable bonds is 4. The number of halogens is 1. The number of aryl methyl sites for hydroxylation is 1. The first-order valence-electron chi connectivity index (χ1n) is 11.8. The van der Waals surface area contributed by atoms with Crippen molar-refractivity contribution in [2.24, 2.45) is 13.0 Å². The number of fused-ring (bicyclic) bond motifs is 1. The Morgan fingerprint density at radius 1 is 1.00 bits per heavy atom. The lowest BCUT2D eigenvalue weighted by molar-refractivity contribution is -0.135. The fraction of sp³-hybridized carbons (Fsp3) is 0.609. The Labute approximate surface area is 191 Å². The van der Waals surface area contributed by atoms with E-state index in [1.807, 2.05) is 4.90 Å². The lowest BCUT2D eigenvalue weighted by Gasteiger charge is -2.38. The SMILES string of the molecule is Cn1c(=O)n(C2CCC(=O)NC2=O)c2cc(F)c(N3CCN(CC4CCNCC4)CC3)cc21. The van der Waals surface area contributed by atoms with E-state index in [9.17, 15) is 14.4 Å². The third-order valence-electron chi connectivity index (χ3n) is 7.37. The second-order valence-corrected chi connectivity index (χ2v) is 9.45. The molecule has 2 aromatic rings. The summed E-state index contributed by atoms with van der Waals surface area (Å²) in [6.45, 7) is 6.51. The summed E-state index contributed by atoms with van der Waals surface area (Å²) in [6.07, 6.45) is 2.81. The number of imide groups is 1. The summed E-state index contributed by atoms with van der Waals surface area (Å²) in [5.74, 6) is -0.541. The molecule has 0 aliphatic carbocycles. The first kappa shape index (κ1) is 22.1. The zero-order chi connectivity index (χ0) is 23.1. The van der Waals surface area contributed by atoms with Crippen molar-refractivity contribution in [3.05, 3.63) is 28.4 Å². The van der Waals surface area contributed by atoms with Crippen molar-refractivity contribution in [3.63, 3.8) is 0 Å². The van der Waals surface area contributed by atoms with Crippen LogP contribution in [0.4, 0.5) is 10.1 Å². The second-order valence-electron chi connectivity index (χ2n) is 9.45. The standard InChI is InChI=1S/C23H31FN6O3/c1-27-19-13-18(29-10-8-28(9-11-29)14-15-4-6-25-7-5-15)16(24)12-20(19)30(23(27)33)17-2-3-21(31)26-22(17)32/h12-13,15,17,25H,2-11,14H2,1H3,(H,26,31,32). The van der Waals surface area contributed by atoms with Crippen molar-refractivity contribution >= 4 is 28.5 Å². The smallest absolute Gasteiger partial charge is 0.329 e. The second kappa shape index (κ2) is 8.90. The molecule has 2 amide bonds. The highest BCUT2D eigenvalue weighted by molar-refractivity contribution is 6.00. The van der Waals surface area contributed by atoms with Gasteiger partial charge in [-0.15, -0.1) is 0 Å². The molecule has 10 heteroatoms. The largest absolute Gasteiger partial charge is 0.367 e. The summed E-state index contributed by atoms with van der Waals surface area (Å²) in [6, 6.07) is 2.26. The molecular weight excluding hydrogens is 427 g/mol. The minimum absolute atomic E-state index is 0.154. The molecule has 3 aliphatic rings. The molecule has 3 saturated heterocycles. The number of imidazole rings is 1. The van der Waals surface area contributed by atoms with Crippen LogP contribution in [0.5, 0.6) is 0 Å². The highest BCUT2D eigenvalue weighted by Gasteiger charge is 2.32. The Bertz CT molecular complexity index is 1130. The van der Waals surface area contributed by atoms with E-state index in [1.54, 1.807) is 13.1 Å². The van der Waals surface area contributed by atoms with Crippen molar-refractivity contribution < 1.29 is 14.0 Å². The summed E-state index contributed by atoms with van der Waals surface area (Å²) in [7, 11) is 1.63. The van der Waals surface area contributed by atoms with Gasteiger partial charge in [0.05, 0.1) is 16.7 Å². The summed E-state index contributed by atoms with van der Waals surface area (Å²) < 4.78 is 18.1. The van der Waals surface area contributed by atoms with Gasteiger partial charge in [0, 0.05) is 52.3 Å². The number of anilines is 1. The number of carbonyl (C=O) groups excluding carboxylic acids is 2. The van der Waals surface area contributed by atoms with E-state index in [0.29, 0.717) is 16.7 Å². The first-order valence-corrected chi connectivity index (χ1v) is 11.8. The predicted octanol–water partition coefficient (Wildman–Crippen LogP) is 0.578. The number of carbonyl (C=O) groups is 2. The van der Waals surface area contributed by atoms with Gasteiger partial charge in [0.15, 0.2) is 0 Å². The maximum atomic E-state index is 15.3. The van der Waals surface area contributed by atoms with Gasteiger partial charge in [-0.3, -0.25) is 28.9 Å². The minimum atomic E-state index is -0.817. The Hall–Kier alpha value is -2.72. The van der Waals surface area contributed by atoms with E-state index in [2.05, 4.69) is 15.5 Å². The number of amides is 2. The summed E-state index contributed by atoms with van der Waals surface area (Å²) in [5.41, 5.74) is 1.06. The maximum absolute atomic E-state index is 15.3. The molecule has 1 aromatic heterocycles. The van der Waals surface area contributed by atoms with Crippen LogP contribution < -0.4 is 21.2 Å². The van der Waals surface area contributed by atoms with Gasteiger partial charge in [-0.25, -0.2) is 9.18 Å². The predicted molar refractivity (Wildman–Crippen MR) is 123 cm³/mol. The van der Waals surface area contributed by atoms with Gasteiger partial charge in [0.2, 0.25) is 11.8 Å². The highest BCUT2D eigenvalue weighted by Crippen LogP contribution is 2.29. The number of nitrogens with one attached hydrogen (secondary N) is 2. The number of nitrogens with zero attached hydrogens (tertiary/aromatic N) is 4. The molecule has 0 radical (unpaired) electrons. The Kier molecular flexibility index (Phi) is 5.96. The number of hydrogen-bond acceptors (Lipinski definition) is 6. The van der Waals surface area contributed by atoms with Crippen molar-refractivity contribution in [2.45, 2.75) is 31.7 Å². The van der Waals surface area contributed by atoms with Gasteiger partial charge in [-0.05, 0) is 44.3 Å². The molecule has 1 atom stereocenters. The summed E-state index contributed by atoms with van der Waals surface area (Å²) >= 11 is 0. The van der Waals surface area contributed by atoms with Crippen LogP contribution in [0.15, 0.2) is 16.9 Å². The quantitative estimate of drug-likeness (QED) is 0.652. The van der Waals surface area contributed by atoms with E-state index < -0.39 is 17.8 Å². The Balaban J connectivity index is 1.37. The molecule has 9 nitrogen and oxygen atoms in total. The van der Waals surface area contributed by atoms with Gasteiger partial charge >= 0.3 is 5.69 Å². The lowest BCUT2D eigenvalue weighted by atomic mass is 9.97. The van der Waals surface area contributed by atoms with Crippen molar-refractivity contribution in [3.8, 4) is 0 Å². The number of benzene rings is 1. The van der Waals surface area contributed by atoms with Crippen LogP contribution >= 0.6 is 0 Å². The molecule has 33 heavy (non-hydrogen) atoms. The lowest BCUT2D eigenvalue weighted by Crippen LogP contribution is -2.48. The highest BCUT2D eigenvalue weighted by atomic mass is 19.1. The van der Waals surface area contributed by atoms with Crippen LogP contribution in [0.2, 0.25) is 0 Å². The van der Waals surface area contributed by atoms with E-state index in [1.165, 1.54) is 28.0 Å². The molecule has 0 spiro atoms. The molecule has 3 fully saturated rings. The maximum Gasteiger partial charge on any atom is 0.329 e. The number of hydrogen-bond donors (Lipinski definition) is 2. The molecule has 3 aliphatic heterocycles. The summed E-state index contributed by atoms with van der Waals surface area (Å²) in [4.78, 5) is 41.4. The van der Waals surface area contributed by atoms with E-state index >= 15 is 4.39 Å². The molecule has 1 unspecified atom stereocenters. The van der Waals surface area contributed by atoms with Gasteiger partial charge in [-0.1, -0.05) is 0 Å². The topological polar surface area (TPSA) is 91.6 Å². The minimum Gasteiger partial charge on any atom is -0.367 e. The average Bonchev–Trinajstić information content (AvgIpc) is 3.04. The summed E-state index contributed by atoms with van der Waals surface area (Å²) in [5, 5.41) is 5.69. The van der Waals surface area contributed by atoms with Crippen LogP contribution in [0.3, 0.4) is 0 Å². The first-order chi connectivity index (χ1) is 15.9. The van der Waals surface area contributed by atoms with Gasteiger partial charge in [0.1, 0.15) is 11.9 Å².